The van der Waals surface area contributed by atoms with E-state index in [-0.39, 0.29) is 5.60 Å². The molecule has 1 aromatic heterocycles. The molecule has 0 aromatic carbocycles. The number of rotatable bonds is 4. The lowest BCUT2D eigenvalue weighted by Crippen LogP contribution is -2.44. The van der Waals surface area contributed by atoms with E-state index in [0.29, 0.717) is 6.04 Å². The number of aromatic nitrogens is 2. The predicted molar refractivity (Wildman–Crippen MR) is 67.7 cm³/mol. The number of hydrogen-bond acceptors (Lipinski definition) is 3. The largest absolute Gasteiger partial charge is 0.375 e. The number of ether oxygens (including phenoxy) is 1. The Kier molecular flexibility index (Phi) is 3.84. The highest BCUT2D eigenvalue weighted by Gasteiger charge is 2.31. The maximum absolute atomic E-state index is 5.85. The number of hydrogen-bond donors (Lipinski definition) is 1. The van der Waals surface area contributed by atoms with Crippen LogP contribution in [-0.2, 0) is 18.3 Å². The van der Waals surface area contributed by atoms with Gasteiger partial charge in [0.05, 0.1) is 11.3 Å². The zero-order valence-electron chi connectivity index (χ0n) is 11.1. The lowest BCUT2D eigenvalue weighted by molar-refractivity contribution is -0.0781. The van der Waals surface area contributed by atoms with Crippen molar-refractivity contribution in [3.05, 3.63) is 18.0 Å². The van der Waals surface area contributed by atoms with Crippen LogP contribution >= 0.6 is 0 Å². The van der Waals surface area contributed by atoms with Gasteiger partial charge in [0.15, 0.2) is 0 Å². The van der Waals surface area contributed by atoms with Gasteiger partial charge in [-0.05, 0) is 32.3 Å². The Morgan fingerprint density at radius 3 is 3.12 bits per heavy atom. The van der Waals surface area contributed by atoms with Gasteiger partial charge in [-0.15, -0.1) is 0 Å². The molecule has 4 heteroatoms. The smallest absolute Gasteiger partial charge is 0.0666 e. The Morgan fingerprint density at radius 1 is 1.65 bits per heavy atom. The molecule has 17 heavy (non-hydrogen) atoms. The molecule has 1 aliphatic rings. The molecule has 2 atom stereocenters. The van der Waals surface area contributed by atoms with Crippen molar-refractivity contribution < 1.29 is 4.74 Å². The number of nitrogens with one attached hydrogen (secondary N) is 1. The minimum Gasteiger partial charge on any atom is -0.375 e. The van der Waals surface area contributed by atoms with E-state index in [2.05, 4.69) is 30.3 Å². The lowest BCUT2D eigenvalue weighted by Gasteiger charge is -2.38. The van der Waals surface area contributed by atoms with Crippen molar-refractivity contribution in [3.8, 4) is 0 Å². The third-order valence-corrected chi connectivity index (χ3v) is 3.84. The second-order valence-corrected chi connectivity index (χ2v) is 5.17. The maximum Gasteiger partial charge on any atom is 0.0666 e. The molecule has 0 amide bonds. The van der Waals surface area contributed by atoms with Gasteiger partial charge < -0.3 is 10.1 Å². The summed E-state index contributed by atoms with van der Waals surface area (Å²) in [6.45, 7) is 6.17. The Hall–Kier alpha value is -0.870. The first-order valence-corrected chi connectivity index (χ1v) is 6.47. The van der Waals surface area contributed by atoms with E-state index in [1.54, 1.807) is 0 Å². The van der Waals surface area contributed by atoms with Gasteiger partial charge in [-0.1, -0.05) is 6.92 Å². The summed E-state index contributed by atoms with van der Waals surface area (Å²) in [5.41, 5.74) is 1.29. The minimum atomic E-state index is 0.0579. The van der Waals surface area contributed by atoms with Crippen LogP contribution in [-0.4, -0.2) is 28.0 Å². The van der Waals surface area contributed by atoms with Crippen molar-refractivity contribution in [1.82, 2.24) is 15.1 Å². The highest BCUT2D eigenvalue weighted by atomic mass is 16.5. The van der Waals surface area contributed by atoms with Gasteiger partial charge in [0.1, 0.15) is 0 Å². The molecule has 96 valence electrons. The van der Waals surface area contributed by atoms with Crippen molar-refractivity contribution in [2.75, 3.05) is 6.61 Å². The van der Waals surface area contributed by atoms with Crippen LogP contribution in [0, 0.1) is 0 Å². The second kappa shape index (κ2) is 5.19. The van der Waals surface area contributed by atoms with E-state index < -0.39 is 0 Å². The summed E-state index contributed by atoms with van der Waals surface area (Å²) in [6.07, 6.45) is 5.13. The van der Waals surface area contributed by atoms with Crippen molar-refractivity contribution in [2.45, 2.75) is 51.3 Å². The standard InChI is InChI=1S/C13H23N3O/c1-4-13(2)9-11(6-8-17-13)14-10-12-5-7-15-16(12)3/h5,7,11,14H,4,6,8-10H2,1-3H3. The second-order valence-electron chi connectivity index (χ2n) is 5.17. The Balaban J connectivity index is 1.85. The van der Waals surface area contributed by atoms with E-state index in [0.717, 1.165) is 32.4 Å². The van der Waals surface area contributed by atoms with Gasteiger partial charge in [0.25, 0.3) is 0 Å². The summed E-state index contributed by atoms with van der Waals surface area (Å²) in [4.78, 5) is 0. The van der Waals surface area contributed by atoms with Crippen molar-refractivity contribution in [2.24, 2.45) is 7.05 Å². The minimum absolute atomic E-state index is 0.0579. The molecule has 0 radical (unpaired) electrons. The Morgan fingerprint density at radius 2 is 2.47 bits per heavy atom. The maximum atomic E-state index is 5.85. The van der Waals surface area contributed by atoms with Gasteiger partial charge in [0.2, 0.25) is 0 Å². The first kappa shape index (κ1) is 12.6. The van der Waals surface area contributed by atoms with Crippen LogP contribution in [0.4, 0.5) is 0 Å². The average Bonchev–Trinajstić information content (AvgIpc) is 2.73. The van der Waals surface area contributed by atoms with E-state index in [9.17, 15) is 0 Å². The molecule has 0 bridgehead atoms. The SMILES string of the molecule is CCC1(C)CC(NCc2ccnn2C)CCO1. The molecule has 2 unspecified atom stereocenters. The summed E-state index contributed by atoms with van der Waals surface area (Å²) < 4.78 is 7.77. The van der Waals surface area contributed by atoms with Gasteiger partial charge in [-0.2, -0.15) is 5.10 Å². The van der Waals surface area contributed by atoms with E-state index in [1.807, 2.05) is 17.9 Å². The Labute approximate surface area is 103 Å². The summed E-state index contributed by atoms with van der Waals surface area (Å²) in [7, 11) is 1.98. The summed E-state index contributed by atoms with van der Waals surface area (Å²) in [6, 6.07) is 2.62. The summed E-state index contributed by atoms with van der Waals surface area (Å²) in [5.74, 6) is 0. The van der Waals surface area contributed by atoms with Gasteiger partial charge in [0, 0.05) is 32.4 Å². The first-order chi connectivity index (χ1) is 8.13. The summed E-state index contributed by atoms with van der Waals surface area (Å²) >= 11 is 0. The fraction of sp³-hybridized carbons (Fsp3) is 0.769. The molecule has 2 rings (SSSR count). The molecule has 1 saturated heterocycles. The van der Waals surface area contributed by atoms with Crippen LogP contribution in [0.5, 0.6) is 0 Å². The van der Waals surface area contributed by atoms with Crippen LogP contribution in [0.15, 0.2) is 12.3 Å². The molecule has 0 saturated carbocycles. The van der Waals surface area contributed by atoms with Crippen LogP contribution in [0.25, 0.3) is 0 Å². The third kappa shape index (κ3) is 3.07. The topological polar surface area (TPSA) is 39.1 Å². The molecular weight excluding hydrogens is 214 g/mol. The van der Waals surface area contributed by atoms with E-state index >= 15 is 0 Å². The Bertz CT molecular complexity index is 363. The highest BCUT2D eigenvalue weighted by molar-refractivity contribution is 5.00. The number of aryl methyl sites for hydroxylation is 1. The number of nitrogens with zero attached hydrogens (tertiary/aromatic N) is 2. The summed E-state index contributed by atoms with van der Waals surface area (Å²) in [5, 5.41) is 7.79. The zero-order chi connectivity index (χ0) is 12.3. The normalized spacial score (nSPS) is 29.5. The van der Waals surface area contributed by atoms with Crippen molar-refractivity contribution in [3.63, 3.8) is 0 Å². The monoisotopic (exact) mass is 237 g/mol. The zero-order valence-corrected chi connectivity index (χ0v) is 11.1. The van der Waals surface area contributed by atoms with Gasteiger partial charge in [-0.3, -0.25) is 4.68 Å². The fourth-order valence-electron chi connectivity index (χ4n) is 2.37. The van der Waals surface area contributed by atoms with Crippen molar-refractivity contribution >= 4 is 0 Å². The third-order valence-electron chi connectivity index (χ3n) is 3.84. The molecule has 1 fully saturated rings. The quantitative estimate of drug-likeness (QED) is 0.868. The van der Waals surface area contributed by atoms with Crippen LogP contribution in [0.1, 0.15) is 38.8 Å². The molecule has 1 N–H and O–H groups in total. The van der Waals surface area contributed by atoms with Gasteiger partial charge in [-0.25, -0.2) is 0 Å². The molecule has 4 nitrogen and oxygen atoms in total. The molecular formula is C13H23N3O. The molecule has 0 spiro atoms. The van der Waals surface area contributed by atoms with Crippen molar-refractivity contribution in [1.29, 1.82) is 0 Å². The van der Waals surface area contributed by atoms with E-state index in [1.165, 1.54) is 5.69 Å². The average molecular weight is 237 g/mol. The lowest BCUT2D eigenvalue weighted by atomic mass is 9.90. The van der Waals surface area contributed by atoms with E-state index in [4.69, 9.17) is 4.74 Å². The first-order valence-electron chi connectivity index (χ1n) is 6.47. The molecule has 1 aliphatic heterocycles. The predicted octanol–water partition coefficient (Wildman–Crippen LogP) is 1.86. The van der Waals surface area contributed by atoms with Crippen LogP contribution in [0.2, 0.25) is 0 Å². The van der Waals surface area contributed by atoms with Gasteiger partial charge >= 0.3 is 0 Å². The van der Waals surface area contributed by atoms with Crippen LogP contribution in [0.3, 0.4) is 0 Å². The molecule has 2 heterocycles. The molecule has 1 aromatic rings. The highest BCUT2D eigenvalue weighted by Crippen LogP contribution is 2.27. The fourth-order valence-corrected chi connectivity index (χ4v) is 2.37. The molecule has 0 aliphatic carbocycles. The van der Waals surface area contributed by atoms with Crippen LogP contribution < -0.4 is 5.32 Å².